The highest BCUT2D eigenvalue weighted by Gasteiger charge is 2.43. The largest absolute Gasteiger partial charge is 0.508 e. The molecule has 0 aliphatic carbocycles. The number of rotatable bonds is 18. The first kappa shape index (κ1) is 42.9. The molecule has 3 rings (SSSR count). The van der Waals surface area contributed by atoms with Crippen molar-refractivity contribution in [2.45, 2.75) is 122 Å². The maximum atomic E-state index is 14.5. The van der Waals surface area contributed by atoms with E-state index >= 15 is 0 Å². The molecule has 1 saturated heterocycles. The van der Waals surface area contributed by atoms with Gasteiger partial charge in [0, 0.05) is 19.5 Å². The van der Waals surface area contributed by atoms with Gasteiger partial charge in [-0.3, -0.25) is 24.0 Å². The molecule has 0 aromatic heterocycles. The van der Waals surface area contributed by atoms with Crippen LogP contribution in [0.1, 0.15) is 84.6 Å². The maximum Gasteiger partial charge on any atom is 0.326 e. The number of aromatic hydroxyl groups is 1. The lowest BCUT2D eigenvalue weighted by Gasteiger charge is -2.37. The molecule has 2 aliphatic rings. The van der Waals surface area contributed by atoms with Crippen molar-refractivity contribution >= 4 is 35.5 Å². The van der Waals surface area contributed by atoms with Crippen molar-refractivity contribution in [3.8, 4) is 5.75 Å². The molecule has 2 aliphatic heterocycles. The van der Waals surface area contributed by atoms with Gasteiger partial charge in [0.25, 0.3) is 0 Å². The molecule has 1 aromatic carbocycles. The van der Waals surface area contributed by atoms with Crippen molar-refractivity contribution in [1.82, 2.24) is 25.8 Å². The fourth-order valence-electron chi connectivity index (χ4n) is 6.72. The smallest absolute Gasteiger partial charge is 0.326 e. The van der Waals surface area contributed by atoms with E-state index in [2.05, 4.69) is 16.0 Å². The standard InChI is InChI=1S/C38H59N7O8/c1-5-24(4)32(35(49)42-29(38(52)53)21-23(2)3)43-34(48)31(22-25-14-16-26(46)17-15-25)45-19-9-7-12-28(41-33(47)27(40)11-6-8-18-39)36(50)44-20-10-13-30(44)37(45)51/h7,9,14-17,23-24,27-32,46H,5-6,8,10-13,18-22,39-40H2,1-4H3,(H,41,47)(H,42,49)(H,43,48)(H,52,53)/b9-7-/t24-,27-,28-,29-,30-,31-,32-/m0/s1. The minimum atomic E-state index is -1.18. The number of carboxylic acid groups (broad SMARTS) is 1. The van der Waals surface area contributed by atoms with Gasteiger partial charge in [-0.15, -0.1) is 0 Å². The third-order valence-corrected chi connectivity index (χ3v) is 10.0. The van der Waals surface area contributed by atoms with E-state index in [1.807, 2.05) is 20.8 Å². The maximum absolute atomic E-state index is 14.5. The Kier molecular flexibility index (Phi) is 16.7. The highest BCUT2D eigenvalue weighted by molar-refractivity contribution is 5.97. The van der Waals surface area contributed by atoms with Crippen LogP contribution in [-0.4, -0.2) is 111 Å². The Hall–Kier alpha value is -4.50. The second-order valence-corrected chi connectivity index (χ2v) is 14.6. The predicted molar refractivity (Wildman–Crippen MR) is 199 cm³/mol. The number of carbonyl (C=O) groups excluding carboxylic acids is 5. The van der Waals surface area contributed by atoms with Crippen molar-refractivity contribution < 1.29 is 39.0 Å². The SMILES string of the molecule is CC[C@H](C)[C@H](NC(=O)[C@H](Cc1ccc(O)cc1)N1C/C=C\C[C@H](NC(=O)[C@@H](N)CCCCN)C(=O)N2CCC[C@H]2C1=O)C(=O)N[C@@H](CC(C)C)C(=O)O. The van der Waals surface area contributed by atoms with Crippen LogP contribution in [0.15, 0.2) is 36.4 Å². The van der Waals surface area contributed by atoms with Crippen molar-refractivity contribution in [2.75, 3.05) is 19.6 Å². The molecule has 0 bridgehead atoms. The second-order valence-electron chi connectivity index (χ2n) is 14.6. The van der Waals surface area contributed by atoms with Gasteiger partial charge in [0.2, 0.25) is 29.5 Å². The molecule has 9 N–H and O–H groups in total. The highest BCUT2D eigenvalue weighted by Crippen LogP contribution is 2.25. The topological polar surface area (TPSA) is 237 Å². The Morgan fingerprint density at radius 3 is 2.28 bits per heavy atom. The van der Waals surface area contributed by atoms with Crippen LogP contribution in [0, 0.1) is 11.8 Å². The third kappa shape index (κ3) is 12.3. The van der Waals surface area contributed by atoms with E-state index in [4.69, 9.17) is 11.5 Å². The average Bonchev–Trinajstić information content (AvgIpc) is 3.62. The van der Waals surface area contributed by atoms with E-state index in [0.717, 1.165) is 6.42 Å². The first-order chi connectivity index (χ1) is 25.2. The first-order valence-corrected chi connectivity index (χ1v) is 18.8. The summed E-state index contributed by atoms with van der Waals surface area (Å²) in [5.41, 5.74) is 12.3. The molecule has 294 valence electrons. The summed E-state index contributed by atoms with van der Waals surface area (Å²) in [7, 11) is 0. The quantitative estimate of drug-likeness (QED) is 0.0838. The number of nitrogens with two attached hydrogens (primary N) is 2. The van der Waals surface area contributed by atoms with Crippen molar-refractivity contribution in [3.63, 3.8) is 0 Å². The Bertz CT molecular complexity index is 1450. The number of phenolic OH excluding ortho intramolecular Hbond substituents is 1. The third-order valence-electron chi connectivity index (χ3n) is 10.0. The molecule has 0 unspecified atom stereocenters. The average molecular weight is 742 g/mol. The lowest BCUT2D eigenvalue weighted by Crippen LogP contribution is -2.61. The molecular weight excluding hydrogens is 682 g/mol. The summed E-state index contributed by atoms with van der Waals surface area (Å²) in [5, 5.41) is 27.9. The van der Waals surface area contributed by atoms with Gasteiger partial charge < -0.3 is 47.4 Å². The molecule has 53 heavy (non-hydrogen) atoms. The van der Waals surface area contributed by atoms with Crippen LogP contribution >= 0.6 is 0 Å². The van der Waals surface area contributed by atoms with E-state index in [0.29, 0.717) is 44.2 Å². The van der Waals surface area contributed by atoms with Gasteiger partial charge in [0.1, 0.15) is 36.0 Å². The number of fused-ring (bicyclic) bond motifs is 1. The Morgan fingerprint density at radius 1 is 0.962 bits per heavy atom. The fourth-order valence-corrected chi connectivity index (χ4v) is 6.72. The summed E-state index contributed by atoms with van der Waals surface area (Å²) < 4.78 is 0. The summed E-state index contributed by atoms with van der Waals surface area (Å²) in [6.07, 6.45) is 6.90. The molecule has 0 spiro atoms. The van der Waals surface area contributed by atoms with E-state index < -0.39 is 71.8 Å². The fraction of sp³-hybridized carbons (Fsp3) is 0.632. The molecule has 15 nitrogen and oxygen atoms in total. The van der Waals surface area contributed by atoms with Gasteiger partial charge in [0.05, 0.1) is 6.04 Å². The van der Waals surface area contributed by atoms with Crippen LogP contribution in [-0.2, 0) is 35.2 Å². The molecule has 5 amide bonds. The Labute approximate surface area is 312 Å². The zero-order valence-corrected chi connectivity index (χ0v) is 31.5. The number of nitrogens with zero attached hydrogens (tertiary/aromatic N) is 2. The number of carboxylic acids is 1. The van der Waals surface area contributed by atoms with E-state index in [1.54, 1.807) is 31.2 Å². The summed E-state index contributed by atoms with van der Waals surface area (Å²) in [5.74, 6) is -4.17. The lowest BCUT2D eigenvalue weighted by atomic mass is 9.95. The van der Waals surface area contributed by atoms with Gasteiger partial charge in [-0.1, -0.05) is 64.8 Å². The molecular formula is C38H59N7O8. The highest BCUT2D eigenvalue weighted by atomic mass is 16.4. The van der Waals surface area contributed by atoms with Crippen molar-refractivity contribution in [1.29, 1.82) is 0 Å². The number of benzene rings is 1. The molecule has 1 aromatic rings. The van der Waals surface area contributed by atoms with Crippen molar-refractivity contribution in [3.05, 3.63) is 42.0 Å². The lowest BCUT2D eigenvalue weighted by molar-refractivity contribution is -0.149. The van der Waals surface area contributed by atoms with Crippen LogP contribution in [0.4, 0.5) is 0 Å². The zero-order valence-electron chi connectivity index (χ0n) is 31.5. The first-order valence-electron chi connectivity index (χ1n) is 18.8. The van der Waals surface area contributed by atoms with Crippen LogP contribution in [0.5, 0.6) is 5.75 Å². The minimum absolute atomic E-state index is 0.0114. The number of hydrogen-bond acceptors (Lipinski definition) is 9. The number of aliphatic carboxylic acids is 1. The van der Waals surface area contributed by atoms with E-state index in [-0.39, 0.29) is 49.9 Å². The number of unbranched alkanes of at least 4 members (excludes halogenated alkanes) is 1. The van der Waals surface area contributed by atoms with Crippen LogP contribution < -0.4 is 27.4 Å². The summed E-state index contributed by atoms with van der Waals surface area (Å²) >= 11 is 0. The second kappa shape index (κ2) is 20.7. The van der Waals surface area contributed by atoms with Crippen LogP contribution in [0.3, 0.4) is 0 Å². The van der Waals surface area contributed by atoms with E-state index in [9.17, 15) is 39.0 Å². The van der Waals surface area contributed by atoms with Crippen molar-refractivity contribution in [2.24, 2.45) is 23.3 Å². The molecule has 7 atom stereocenters. The molecule has 15 heteroatoms. The summed E-state index contributed by atoms with van der Waals surface area (Å²) in [6, 6.07) is 0.161. The van der Waals surface area contributed by atoms with Gasteiger partial charge in [-0.2, -0.15) is 0 Å². The molecule has 0 radical (unpaired) electrons. The van der Waals surface area contributed by atoms with Gasteiger partial charge >= 0.3 is 5.97 Å². The number of phenols is 1. The monoisotopic (exact) mass is 741 g/mol. The molecule has 2 heterocycles. The minimum Gasteiger partial charge on any atom is -0.508 e. The summed E-state index contributed by atoms with van der Waals surface area (Å²) in [4.78, 5) is 84.3. The number of nitrogens with one attached hydrogen (secondary N) is 3. The zero-order chi connectivity index (χ0) is 39.2. The van der Waals surface area contributed by atoms with Gasteiger partial charge in [-0.25, -0.2) is 4.79 Å². The van der Waals surface area contributed by atoms with Gasteiger partial charge in [0.15, 0.2) is 0 Å². The van der Waals surface area contributed by atoms with E-state index in [1.165, 1.54) is 21.9 Å². The number of hydrogen-bond donors (Lipinski definition) is 7. The number of amides is 5. The van der Waals surface area contributed by atoms with Crippen LogP contribution in [0.25, 0.3) is 0 Å². The Balaban J connectivity index is 1.96. The van der Waals surface area contributed by atoms with Gasteiger partial charge in [-0.05, 0) is 74.6 Å². The summed E-state index contributed by atoms with van der Waals surface area (Å²) in [6.45, 7) is 8.08. The number of carbonyl (C=O) groups is 6. The molecule has 0 saturated carbocycles. The predicted octanol–water partition coefficient (Wildman–Crippen LogP) is 1.17. The normalized spacial score (nSPS) is 21.2. The Morgan fingerprint density at radius 2 is 1.66 bits per heavy atom. The van der Waals surface area contributed by atoms with Crippen LogP contribution in [0.2, 0.25) is 0 Å². The molecule has 1 fully saturated rings.